The molecule has 1 fully saturated rings. The Balaban J connectivity index is 1.89. The van der Waals surface area contributed by atoms with Gasteiger partial charge in [-0.05, 0) is 42.7 Å². The predicted molar refractivity (Wildman–Crippen MR) is 128 cm³/mol. The van der Waals surface area contributed by atoms with E-state index in [4.69, 9.17) is 5.73 Å². The van der Waals surface area contributed by atoms with Crippen LogP contribution in [0.25, 0.3) is 5.76 Å². The van der Waals surface area contributed by atoms with Gasteiger partial charge in [0.2, 0.25) is 5.78 Å². The Labute approximate surface area is 207 Å². The summed E-state index contributed by atoms with van der Waals surface area (Å²) in [6, 6.07) is 1.81. The van der Waals surface area contributed by atoms with Crippen LogP contribution < -0.4 is 11.1 Å². The monoisotopic (exact) mass is 498 g/mol. The van der Waals surface area contributed by atoms with Gasteiger partial charge in [0.25, 0.3) is 5.91 Å². The number of aromatic hydroxyl groups is 1. The Morgan fingerprint density at radius 3 is 2.44 bits per heavy atom. The van der Waals surface area contributed by atoms with E-state index in [1.165, 1.54) is 6.92 Å². The third-order valence-corrected chi connectivity index (χ3v) is 7.49. The topological polar surface area (TPSA) is 187 Å². The Hall–Kier alpha value is -3.50. The summed E-state index contributed by atoms with van der Waals surface area (Å²) in [6.07, 6.45) is -0.00916. The standard InChI is InChI=1S/C26H30N2O8/c1-10(2)15-6-13(9-28-8-11(3)29)21(31)19-16(15)5-12-4-14-7-17(30)20(25(27)35)24(34)26(14,36)23(33)18(12)22(19)32/h6,10,12,14,28,31-32,34,36H,4-5,7-9H2,1-3H3,(H2,27,35)/t12-,14+,26+/m1/s1. The molecule has 1 saturated carbocycles. The minimum atomic E-state index is -2.59. The summed E-state index contributed by atoms with van der Waals surface area (Å²) in [5, 5.41) is 47.4. The number of Topliss-reactive ketones (excluding diaryl/α,β-unsaturated/α-hetero) is 3. The zero-order valence-electron chi connectivity index (χ0n) is 20.3. The first-order valence-corrected chi connectivity index (χ1v) is 11.9. The Morgan fingerprint density at radius 1 is 1.19 bits per heavy atom. The number of aliphatic hydroxyl groups excluding tert-OH is 2. The molecule has 3 atom stereocenters. The number of carbonyl (C=O) groups excluding carboxylic acids is 4. The maximum Gasteiger partial charge on any atom is 0.255 e. The van der Waals surface area contributed by atoms with Crippen molar-refractivity contribution < 1.29 is 39.6 Å². The highest BCUT2D eigenvalue weighted by atomic mass is 16.3. The Bertz CT molecular complexity index is 1270. The van der Waals surface area contributed by atoms with Crippen LogP contribution in [0.2, 0.25) is 0 Å². The average molecular weight is 499 g/mol. The summed E-state index contributed by atoms with van der Waals surface area (Å²) in [5.41, 5.74) is 3.62. The van der Waals surface area contributed by atoms with E-state index in [1.807, 2.05) is 19.9 Å². The smallest absolute Gasteiger partial charge is 0.255 e. The van der Waals surface area contributed by atoms with Crippen molar-refractivity contribution in [3.63, 3.8) is 0 Å². The average Bonchev–Trinajstić information content (AvgIpc) is 2.77. The van der Waals surface area contributed by atoms with E-state index in [0.717, 1.165) is 5.56 Å². The van der Waals surface area contributed by atoms with Crippen LogP contribution in [0.4, 0.5) is 0 Å². The lowest BCUT2D eigenvalue weighted by molar-refractivity contribution is -0.147. The number of carbonyl (C=O) groups is 4. The Kier molecular flexibility index (Phi) is 6.30. The van der Waals surface area contributed by atoms with Gasteiger partial charge in [0, 0.05) is 30.0 Å². The third kappa shape index (κ3) is 3.72. The lowest BCUT2D eigenvalue weighted by Crippen LogP contribution is -2.58. The van der Waals surface area contributed by atoms with Crippen molar-refractivity contribution in [2.45, 2.75) is 58.1 Å². The number of hydrogen-bond acceptors (Lipinski definition) is 9. The fourth-order valence-electron chi connectivity index (χ4n) is 5.80. The minimum Gasteiger partial charge on any atom is -0.508 e. The third-order valence-electron chi connectivity index (χ3n) is 7.49. The molecule has 36 heavy (non-hydrogen) atoms. The van der Waals surface area contributed by atoms with Crippen LogP contribution in [0, 0.1) is 11.8 Å². The number of nitrogens with two attached hydrogens (primary N) is 1. The Morgan fingerprint density at radius 2 is 1.86 bits per heavy atom. The first-order valence-electron chi connectivity index (χ1n) is 11.9. The largest absolute Gasteiger partial charge is 0.508 e. The van der Waals surface area contributed by atoms with Crippen molar-refractivity contribution in [2.75, 3.05) is 6.54 Å². The molecular weight excluding hydrogens is 468 g/mol. The van der Waals surface area contributed by atoms with Crippen molar-refractivity contribution in [3.05, 3.63) is 45.2 Å². The molecule has 0 aromatic heterocycles. The molecule has 0 unspecified atom stereocenters. The highest BCUT2D eigenvalue weighted by Crippen LogP contribution is 2.53. The van der Waals surface area contributed by atoms with Gasteiger partial charge in [-0.1, -0.05) is 19.9 Å². The van der Waals surface area contributed by atoms with Crippen LogP contribution in [-0.2, 0) is 32.1 Å². The number of phenolic OH excluding ortho intramolecular Hbond substituents is 1. The van der Waals surface area contributed by atoms with Gasteiger partial charge in [0.15, 0.2) is 11.4 Å². The lowest BCUT2D eigenvalue weighted by Gasteiger charge is -2.46. The van der Waals surface area contributed by atoms with E-state index in [1.54, 1.807) is 0 Å². The van der Waals surface area contributed by atoms with E-state index in [-0.39, 0.29) is 60.9 Å². The second-order valence-electron chi connectivity index (χ2n) is 10.2. The molecule has 3 aliphatic rings. The van der Waals surface area contributed by atoms with E-state index in [0.29, 0.717) is 11.1 Å². The molecule has 10 heteroatoms. The molecule has 0 radical (unpaired) electrons. The zero-order valence-corrected chi connectivity index (χ0v) is 20.3. The van der Waals surface area contributed by atoms with Gasteiger partial charge in [-0.25, -0.2) is 0 Å². The molecule has 1 aromatic rings. The minimum absolute atomic E-state index is 0.00200. The van der Waals surface area contributed by atoms with Crippen molar-refractivity contribution in [1.82, 2.24) is 5.32 Å². The van der Waals surface area contributed by atoms with E-state index < -0.39 is 52.0 Å². The van der Waals surface area contributed by atoms with Crippen LogP contribution in [0.1, 0.15) is 61.8 Å². The molecule has 0 aliphatic heterocycles. The van der Waals surface area contributed by atoms with Gasteiger partial charge in [-0.2, -0.15) is 0 Å². The summed E-state index contributed by atoms with van der Waals surface area (Å²) < 4.78 is 0. The van der Waals surface area contributed by atoms with E-state index >= 15 is 0 Å². The number of amides is 1. The number of nitrogens with one attached hydrogen (secondary N) is 1. The lowest BCUT2D eigenvalue weighted by atomic mass is 9.59. The summed E-state index contributed by atoms with van der Waals surface area (Å²) in [7, 11) is 0. The number of aliphatic hydroxyl groups is 3. The number of hydrogen-bond donors (Lipinski definition) is 6. The molecule has 1 amide bonds. The number of primary amides is 1. The highest BCUT2D eigenvalue weighted by molar-refractivity contribution is 6.22. The SMILES string of the molecule is CC(=O)CNCc1cc(C(C)C)c2c(c1O)C(O)=C1C(=O)[C@]3(O)C(O)=C(C(N)=O)C(=O)C[C@@H]3C[C@@H]1C2. The van der Waals surface area contributed by atoms with Gasteiger partial charge >= 0.3 is 0 Å². The summed E-state index contributed by atoms with van der Waals surface area (Å²) in [6.45, 7) is 5.55. The van der Waals surface area contributed by atoms with Crippen LogP contribution in [0.5, 0.6) is 5.75 Å². The molecule has 1 aromatic carbocycles. The fraction of sp³-hybridized carbons (Fsp3) is 0.462. The van der Waals surface area contributed by atoms with Crippen LogP contribution >= 0.6 is 0 Å². The fourth-order valence-corrected chi connectivity index (χ4v) is 5.80. The molecule has 0 bridgehead atoms. The number of phenols is 1. The first-order chi connectivity index (χ1) is 16.8. The van der Waals surface area contributed by atoms with Crippen molar-refractivity contribution >= 4 is 29.0 Å². The first kappa shape index (κ1) is 25.6. The summed E-state index contributed by atoms with van der Waals surface area (Å²) >= 11 is 0. The second-order valence-corrected chi connectivity index (χ2v) is 10.2. The molecular formula is C26H30N2O8. The van der Waals surface area contributed by atoms with Crippen LogP contribution in [0.3, 0.4) is 0 Å². The molecule has 0 saturated heterocycles. The number of benzene rings is 1. The number of ketones is 3. The highest BCUT2D eigenvalue weighted by Gasteiger charge is 2.60. The van der Waals surface area contributed by atoms with Gasteiger partial charge in [-0.15, -0.1) is 0 Å². The molecule has 3 aliphatic carbocycles. The molecule has 0 heterocycles. The predicted octanol–water partition coefficient (Wildman–Crippen LogP) is 1.23. The van der Waals surface area contributed by atoms with Crippen LogP contribution in [0.15, 0.2) is 23.0 Å². The molecule has 10 nitrogen and oxygen atoms in total. The number of rotatable bonds is 6. The summed E-state index contributed by atoms with van der Waals surface area (Å²) in [4.78, 5) is 49.2. The van der Waals surface area contributed by atoms with Crippen molar-refractivity contribution in [3.8, 4) is 5.75 Å². The van der Waals surface area contributed by atoms with Gasteiger partial charge < -0.3 is 31.5 Å². The molecule has 192 valence electrons. The second kappa shape index (κ2) is 8.86. The van der Waals surface area contributed by atoms with E-state index in [9.17, 15) is 39.6 Å². The number of fused-ring (bicyclic) bond motifs is 3. The molecule has 0 spiro atoms. The normalized spacial score (nSPS) is 25.6. The quantitative estimate of drug-likeness (QED) is 0.314. The van der Waals surface area contributed by atoms with E-state index in [2.05, 4.69) is 5.32 Å². The maximum atomic E-state index is 13.6. The van der Waals surface area contributed by atoms with Crippen molar-refractivity contribution in [2.24, 2.45) is 17.6 Å². The molecule has 4 rings (SSSR count). The zero-order chi connectivity index (χ0) is 26.7. The van der Waals surface area contributed by atoms with Crippen molar-refractivity contribution in [1.29, 1.82) is 0 Å². The maximum absolute atomic E-state index is 13.6. The van der Waals surface area contributed by atoms with Gasteiger partial charge in [-0.3, -0.25) is 19.2 Å². The van der Waals surface area contributed by atoms with Crippen LogP contribution in [-0.4, -0.2) is 55.8 Å². The summed E-state index contributed by atoms with van der Waals surface area (Å²) in [5.74, 6) is -6.58. The van der Waals surface area contributed by atoms with Gasteiger partial charge in [0.1, 0.15) is 28.6 Å². The van der Waals surface area contributed by atoms with Gasteiger partial charge in [0.05, 0.1) is 12.1 Å². The molecule has 7 N–H and O–H groups in total.